The number of hydrogen-bond acceptors (Lipinski definition) is 4. The van der Waals surface area contributed by atoms with E-state index in [9.17, 15) is 4.79 Å². The van der Waals surface area contributed by atoms with E-state index < -0.39 is 0 Å². The van der Waals surface area contributed by atoms with Crippen LogP contribution in [0.5, 0.6) is 0 Å². The van der Waals surface area contributed by atoms with E-state index >= 15 is 0 Å². The van der Waals surface area contributed by atoms with Crippen LogP contribution in [0, 0.1) is 5.92 Å². The summed E-state index contributed by atoms with van der Waals surface area (Å²) < 4.78 is 5.34. The third-order valence-corrected chi connectivity index (χ3v) is 3.10. The number of halogens is 1. The minimum atomic E-state index is -0.166. The summed E-state index contributed by atoms with van der Waals surface area (Å²) in [4.78, 5) is 16.0. The van der Waals surface area contributed by atoms with Crippen LogP contribution in [-0.4, -0.2) is 36.7 Å². The Hall–Kier alpha value is -1.17. The molecule has 0 aliphatic carbocycles. The van der Waals surface area contributed by atoms with Crippen LogP contribution in [0.2, 0.25) is 5.15 Å². The van der Waals surface area contributed by atoms with Gasteiger partial charge in [-0.1, -0.05) is 18.5 Å². The van der Waals surface area contributed by atoms with Crippen LogP contribution in [-0.2, 0) is 9.53 Å². The zero-order valence-corrected chi connectivity index (χ0v) is 10.9. The summed E-state index contributed by atoms with van der Waals surface area (Å²) in [7, 11) is 0. The number of anilines is 1. The second-order valence-electron chi connectivity index (χ2n) is 4.17. The fourth-order valence-corrected chi connectivity index (χ4v) is 2.07. The summed E-state index contributed by atoms with van der Waals surface area (Å²) in [6, 6.07) is 3.45. The number of pyridine rings is 1. The standard InChI is InChI=1S/C12H16ClN3O2/c1-2-14-10-7-18-6-9(10)12(17)16-8-3-4-11(13)15-5-8/h3-5,9-10,14H,2,6-7H2,1H3,(H,16,17). The van der Waals surface area contributed by atoms with Crippen molar-refractivity contribution in [2.24, 2.45) is 5.92 Å². The third kappa shape index (κ3) is 3.19. The predicted octanol–water partition coefficient (Wildman–Crippen LogP) is 1.30. The number of carbonyl (C=O) groups excluding carboxylic acids is 1. The van der Waals surface area contributed by atoms with Crippen molar-refractivity contribution in [3.63, 3.8) is 0 Å². The minimum Gasteiger partial charge on any atom is -0.379 e. The Bertz CT molecular complexity index is 410. The van der Waals surface area contributed by atoms with Crippen LogP contribution in [0.25, 0.3) is 0 Å². The summed E-state index contributed by atoms with van der Waals surface area (Å²) in [6.07, 6.45) is 1.54. The Morgan fingerprint density at radius 3 is 3.06 bits per heavy atom. The summed E-state index contributed by atoms with van der Waals surface area (Å²) in [6.45, 7) is 3.85. The van der Waals surface area contributed by atoms with Crippen molar-refractivity contribution in [1.82, 2.24) is 10.3 Å². The minimum absolute atomic E-state index is 0.0532. The second kappa shape index (κ2) is 6.13. The number of carbonyl (C=O) groups is 1. The second-order valence-corrected chi connectivity index (χ2v) is 4.55. The molecule has 1 amide bonds. The molecule has 0 spiro atoms. The first-order valence-corrected chi connectivity index (χ1v) is 6.32. The lowest BCUT2D eigenvalue weighted by atomic mass is 10.0. The quantitative estimate of drug-likeness (QED) is 0.809. The molecular weight excluding hydrogens is 254 g/mol. The smallest absolute Gasteiger partial charge is 0.231 e. The average molecular weight is 270 g/mol. The van der Waals surface area contributed by atoms with Gasteiger partial charge in [-0.25, -0.2) is 4.98 Å². The molecule has 1 saturated heterocycles. The number of nitrogens with zero attached hydrogens (tertiary/aromatic N) is 1. The zero-order valence-electron chi connectivity index (χ0n) is 10.1. The first-order valence-electron chi connectivity index (χ1n) is 5.94. The number of nitrogens with one attached hydrogen (secondary N) is 2. The van der Waals surface area contributed by atoms with Gasteiger partial charge in [-0.05, 0) is 18.7 Å². The van der Waals surface area contributed by atoms with Gasteiger partial charge in [0.2, 0.25) is 5.91 Å². The van der Waals surface area contributed by atoms with Gasteiger partial charge in [0, 0.05) is 6.04 Å². The van der Waals surface area contributed by atoms with E-state index in [1.54, 1.807) is 12.1 Å². The first kappa shape index (κ1) is 13.3. The summed E-state index contributed by atoms with van der Waals surface area (Å²) >= 11 is 5.69. The van der Waals surface area contributed by atoms with Crippen molar-refractivity contribution in [1.29, 1.82) is 0 Å². The molecule has 1 aromatic rings. The molecule has 0 aromatic carbocycles. The molecule has 1 aliphatic rings. The molecule has 2 N–H and O–H groups in total. The van der Waals surface area contributed by atoms with Crippen LogP contribution >= 0.6 is 11.6 Å². The van der Waals surface area contributed by atoms with Crippen molar-refractivity contribution in [2.75, 3.05) is 25.1 Å². The van der Waals surface area contributed by atoms with Gasteiger partial charge in [0.1, 0.15) is 5.15 Å². The molecule has 2 heterocycles. The lowest BCUT2D eigenvalue weighted by molar-refractivity contribution is -0.120. The molecule has 1 aromatic heterocycles. The predicted molar refractivity (Wildman–Crippen MR) is 69.7 cm³/mol. The van der Waals surface area contributed by atoms with Gasteiger partial charge in [-0.15, -0.1) is 0 Å². The van der Waals surface area contributed by atoms with E-state index in [4.69, 9.17) is 16.3 Å². The number of hydrogen-bond donors (Lipinski definition) is 2. The van der Waals surface area contributed by atoms with Gasteiger partial charge in [-0.2, -0.15) is 0 Å². The number of likely N-dealkylation sites (N-methyl/N-ethyl adjacent to an activating group) is 1. The maximum atomic E-state index is 12.1. The average Bonchev–Trinajstić information content (AvgIpc) is 2.81. The maximum Gasteiger partial charge on any atom is 0.231 e. The van der Waals surface area contributed by atoms with Crippen molar-refractivity contribution in [3.05, 3.63) is 23.5 Å². The van der Waals surface area contributed by atoms with Crippen LogP contribution in [0.1, 0.15) is 6.92 Å². The Morgan fingerprint density at radius 2 is 2.39 bits per heavy atom. The molecule has 5 nitrogen and oxygen atoms in total. The fourth-order valence-electron chi connectivity index (χ4n) is 1.96. The highest BCUT2D eigenvalue weighted by atomic mass is 35.5. The molecule has 18 heavy (non-hydrogen) atoms. The number of amides is 1. The molecule has 2 unspecified atom stereocenters. The van der Waals surface area contributed by atoms with Gasteiger partial charge in [0.25, 0.3) is 0 Å². The normalized spacial score (nSPS) is 23.0. The number of ether oxygens (including phenoxy) is 1. The van der Waals surface area contributed by atoms with E-state index in [2.05, 4.69) is 15.6 Å². The molecular formula is C12H16ClN3O2. The molecule has 98 valence electrons. The number of aromatic nitrogens is 1. The Labute approximate surface area is 111 Å². The van der Waals surface area contributed by atoms with Gasteiger partial charge in [0.15, 0.2) is 0 Å². The Balaban J connectivity index is 1.96. The highest BCUT2D eigenvalue weighted by Gasteiger charge is 2.33. The van der Waals surface area contributed by atoms with Crippen molar-refractivity contribution in [2.45, 2.75) is 13.0 Å². The Kier molecular flexibility index (Phi) is 4.52. The van der Waals surface area contributed by atoms with Crippen LogP contribution < -0.4 is 10.6 Å². The lowest BCUT2D eigenvalue weighted by Crippen LogP contribution is -2.41. The molecule has 6 heteroatoms. The Morgan fingerprint density at radius 1 is 1.56 bits per heavy atom. The molecule has 0 radical (unpaired) electrons. The highest BCUT2D eigenvalue weighted by molar-refractivity contribution is 6.29. The molecule has 2 rings (SSSR count). The SMILES string of the molecule is CCNC1COCC1C(=O)Nc1ccc(Cl)nc1. The van der Waals surface area contributed by atoms with Crippen LogP contribution in [0.4, 0.5) is 5.69 Å². The molecule has 0 saturated carbocycles. The summed E-state index contributed by atoms with van der Waals surface area (Å²) in [5, 5.41) is 6.47. The lowest BCUT2D eigenvalue weighted by Gasteiger charge is -2.17. The monoisotopic (exact) mass is 269 g/mol. The van der Waals surface area contributed by atoms with Crippen molar-refractivity contribution < 1.29 is 9.53 Å². The first-order chi connectivity index (χ1) is 8.70. The summed E-state index contributed by atoms with van der Waals surface area (Å²) in [5.41, 5.74) is 0.645. The van der Waals surface area contributed by atoms with E-state index in [1.165, 1.54) is 6.20 Å². The molecule has 1 aliphatic heterocycles. The van der Waals surface area contributed by atoms with Gasteiger partial charge in [0.05, 0.1) is 31.0 Å². The molecule has 2 atom stereocenters. The number of rotatable bonds is 4. The van der Waals surface area contributed by atoms with E-state index in [0.29, 0.717) is 24.1 Å². The van der Waals surface area contributed by atoms with Gasteiger partial charge < -0.3 is 15.4 Å². The van der Waals surface area contributed by atoms with Gasteiger partial charge in [-0.3, -0.25) is 4.79 Å². The fraction of sp³-hybridized carbons (Fsp3) is 0.500. The van der Waals surface area contributed by atoms with E-state index in [0.717, 1.165) is 6.54 Å². The summed E-state index contributed by atoms with van der Waals surface area (Å²) in [5.74, 6) is -0.219. The van der Waals surface area contributed by atoms with Gasteiger partial charge >= 0.3 is 0 Å². The molecule has 1 fully saturated rings. The van der Waals surface area contributed by atoms with E-state index in [1.807, 2.05) is 6.92 Å². The van der Waals surface area contributed by atoms with Crippen LogP contribution in [0.15, 0.2) is 18.3 Å². The topological polar surface area (TPSA) is 63.2 Å². The highest BCUT2D eigenvalue weighted by Crippen LogP contribution is 2.17. The van der Waals surface area contributed by atoms with Crippen molar-refractivity contribution >= 4 is 23.2 Å². The van der Waals surface area contributed by atoms with E-state index in [-0.39, 0.29) is 17.9 Å². The maximum absolute atomic E-state index is 12.1. The van der Waals surface area contributed by atoms with Crippen LogP contribution in [0.3, 0.4) is 0 Å². The third-order valence-electron chi connectivity index (χ3n) is 2.88. The molecule has 0 bridgehead atoms. The van der Waals surface area contributed by atoms with Crippen molar-refractivity contribution in [3.8, 4) is 0 Å². The zero-order chi connectivity index (χ0) is 13.0. The largest absolute Gasteiger partial charge is 0.379 e.